The number of fused-ring (bicyclic) bond motifs is 1. The predicted octanol–water partition coefficient (Wildman–Crippen LogP) is 4.52. The lowest BCUT2D eigenvalue weighted by Gasteiger charge is -2.09. The number of ether oxygens (including phenoxy) is 1. The molecule has 6 heteroatoms. The fraction of sp³-hybridized carbons (Fsp3) is 0.0500. The molecule has 1 aromatic carbocycles. The van der Waals surface area contributed by atoms with Gasteiger partial charge in [0.15, 0.2) is 0 Å². The van der Waals surface area contributed by atoms with Crippen molar-refractivity contribution < 1.29 is 9.53 Å². The van der Waals surface area contributed by atoms with Crippen molar-refractivity contribution in [2.45, 2.75) is 6.61 Å². The van der Waals surface area contributed by atoms with Crippen LogP contribution in [-0.2, 0) is 6.61 Å². The molecule has 0 aliphatic carbocycles. The number of hydrogen-bond donors (Lipinski definition) is 1. The average Bonchev–Trinajstić information content (AvgIpc) is 3.16. The number of aromatic nitrogens is 2. The molecular formula is C20H15N3O2S. The summed E-state index contributed by atoms with van der Waals surface area (Å²) in [7, 11) is 0. The molecule has 0 bridgehead atoms. The first-order valence-corrected chi connectivity index (χ1v) is 8.93. The number of benzene rings is 1. The van der Waals surface area contributed by atoms with Crippen LogP contribution in [0, 0.1) is 0 Å². The highest BCUT2D eigenvalue weighted by atomic mass is 32.1. The Morgan fingerprint density at radius 2 is 1.96 bits per heavy atom. The first kappa shape index (κ1) is 16.2. The van der Waals surface area contributed by atoms with E-state index in [2.05, 4.69) is 15.3 Å². The molecule has 3 heterocycles. The zero-order valence-electron chi connectivity index (χ0n) is 13.8. The van der Waals surface area contributed by atoms with Crippen LogP contribution in [0.25, 0.3) is 10.9 Å². The monoisotopic (exact) mass is 361 g/mol. The number of para-hydroxylation sites is 1. The predicted molar refractivity (Wildman–Crippen MR) is 103 cm³/mol. The van der Waals surface area contributed by atoms with E-state index in [4.69, 9.17) is 4.74 Å². The molecule has 4 rings (SSSR count). The van der Waals surface area contributed by atoms with Crippen molar-refractivity contribution in [3.63, 3.8) is 0 Å². The number of nitrogens with zero attached hydrogens (tertiary/aromatic N) is 2. The van der Waals surface area contributed by atoms with Crippen LogP contribution >= 0.6 is 11.3 Å². The Kier molecular flexibility index (Phi) is 4.57. The SMILES string of the molecule is O=C(Nc1cccnc1)c1sccc1OCc1cccc2cccnc12. The maximum atomic E-state index is 12.5. The Labute approximate surface area is 154 Å². The molecule has 128 valence electrons. The highest BCUT2D eigenvalue weighted by Crippen LogP contribution is 2.27. The summed E-state index contributed by atoms with van der Waals surface area (Å²) >= 11 is 1.34. The van der Waals surface area contributed by atoms with E-state index in [1.807, 2.05) is 35.7 Å². The molecule has 0 spiro atoms. The zero-order chi connectivity index (χ0) is 17.8. The van der Waals surface area contributed by atoms with Gasteiger partial charge in [0.1, 0.15) is 17.2 Å². The Bertz CT molecular complexity index is 1040. The first-order chi connectivity index (χ1) is 12.8. The van der Waals surface area contributed by atoms with Crippen LogP contribution in [0.15, 0.2) is 72.5 Å². The molecule has 5 nitrogen and oxygen atoms in total. The van der Waals surface area contributed by atoms with E-state index in [-0.39, 0.29) is 5.91 Å². The average molecular weight is 361 g/mol. The Morgan fingerprint density at radius 3 is 2.85 bits per heavy atom. The fourth-order valence-corrected chi connectivity index (χ4v) is 3.37. The van der Waals surface area contributed by atoms with Crippen molar-refractivity contribution >= 4 is 33.8 Å². The van der Waals surface area contributed by atoms with E-state index < -0.39 is 0 Å². The summed E-state index contributed by atoms with van der Waals surface area (Å²) in [5.74, 6) is 0.350. The molecule has 0 fully saturated rings. The van der Waals surface area contributed by atoms with Gasteiger partial charge in [-0.05, 0) is 29.6 Å². The van der Waals surface area contributed by atoms with Crippen molar-refractivity contribution in [3.05, 3.63) is 82.9 Å². The van der Waals surface area contributed by atoms with Crippen molar-refractivity contribution in [1.82, 2.24) is 9.97 Å². The number of hydrogen-bond acceptors (Lipinski definition) is 5. The lowest BCUT2D eigenvalue weighted by Crippen LogP contribution is -2.11. The van der Waals surface area contributed by atoms with E-state index >= 15 is 0 Å². The van der Waals surface area contributed by atoms with E-state index in [0.29, 0.717) is 22.9 Å². The van der Waals surface area contributed by atoms with Crippen molar-refractivity contribution in [2.24, 2.45) is 0 Å². The minimum Gasteiger partial charge on any atom is -0.487 e. The Hall–Kier alpha value is -3.25. The summed E-state index contributed by atoms with van der Waals surface area (Å²) in [6.45, 7) is 0.345. The molecule has 26 heavy (non-hydrogen) atoms. The minimum atomic E-state index is -0.209. The second-order valence-corrected chi connectivity index (χ2v) is 6.51. The third-order valence-electron chi connectivity index (χ3n) is 3.85. The number of nitrogens with one attached hydrogen (secondary N) is 1. The summed E-state index contributed by atoms with van der Waals surface area (Å²) in [5, 5.41) is 5.73. The van der Waals surface area contributed by atoms with Crippen LogP contribution in [0.1, 0.15) is 15.2 Å². The molecule has 0 atom stereocenters. The summed E-state index contributed by atoms with van der Waals surface area (Å²) in [4.78, 5) is 21.5. The number of carbonyl (C=O) groups is 1. The maximum Gasteiger partial charge on any atom is 0.269 e. The molecule has 0 saturated carbocycles. The van der Waals surface area contributed by atoms with Gasteiger partial charge in [0.25, 0.3) is 5.91 Å². The number of rotatable bonds is 5. The number of thiophene rings is 1. The number of carbonyl (C=O) groups excluding carboxylic acids is 1. The van der Waals surface area contributed by atoms with Crippen LogP contribution in [0.4, 0.5) is 5.69 Å². The normalized spacial score (nSPS) is 10.6. The van der Waals surface area contributed by atoms with Gasteiger partial charge in [0, 0.05) is 23.3 Å². The standard InChI is InChI=1S/C20H15N3O2S/c24-20(23-16-7-3-9-21-12-16)19-17(8-11-26-19)25-13-15-5-1-4-14-6-2-10-22-18(14)15/h1-12H,13H2,(H,23,24). The van der Waals surface area contributed by atoms with E-state index in [1.165, 1.54) is 11.3 Å². The van der Waals surface area contributed by atoms with Gasteiger partial charge >= 0.3 is 0 Å². The van der Waals surface area contributed by atoms with Crippen LogP contribution in [0.2, 0.25) is 0 Å². The molecule has 0 unspecified atom stereocenters. The number of amides is 1. The highest BCUT2D eigenvalue weighted by Gasteiger charge is 2.15. The molecular weight excluding hydrogens is 346 g/mol. The molecule has 0 saturated heterocycles. The largest absolute Gasteiger partial charge is 0.487 e. The van der Waals surface area contributed by atoms with Gasteiger partial charge in [-0.1, -0.05) is 24.3 Å². The smallest absolute Gasteiger partial charge is 0.269 e. The molecule has 0 aliphatic rings. The van der Waals surface area contributed by atoms with Gasteiger partial charge < -0.3 is 10.1 Å². The summed E-state index contributed by atoms with van der Waals surface area (Å²) < 4.78 is 5.92. The lowest BCUT2D eigenvalue weighted by atomic mass is 10.1. The quantitative estimate of drug-likeness (QED) is 0.567. The second kappa shape index (κ2) is 7.33. The molecule has 0 aliphatic heterocycles. The molecule has 3 aromatic heterocycles. The van der Waals surface area contributed by atoms with Crippen LogP contribution in [0.5, 0.6) is 5.75 Å². The van der Waals surface area contributed by atoms with E-state index in [9.17, 15) is 4.79 Å². The van der Waals surface area contributed by atoms with E-state index in [1.54, 1.807) is 36.8 Å². The van der Waals surface area contributed by atoms with Gasteiger partial charge in [-0.25, -0.2) is 0 Å². The molecule has 0 radical (unpaired) electrons. The van der Waals surface area contributed by atoms with Gasteiger partial charge in [-0.3, -0.25) is 14.8 Å². The van der Waals surface area contributed by atoms with Crippen molar-refractivity contribution in [2.75, 3.05) is 5.32 Å². The second-order valence-electron chi connectivity index (χ2n) is 5.59. The third kappa shape index (κ3) is 3.41. The summed E-state index contributed by atoms with van der Waals surface area (Å²) in [6.07, 6.45) is 5.03. The first-order valence-electron chi connectivity index (χ1n) is 8.05. The van der Waals surface area contributed by atoms with Crippen LogP contribution in [0.3, 0.4) is 0 Å². The van der Waals surface area contributed by atoms with Gasteiger partial charge in [0.2, 0.25) is 0 Å². The van der Waals surface area contributed by atoms with Crippen LogP contribution < -0.4 is 10.1 Å². The summed E-state index contributed by atoms with van der Waals surface area (Å²) in [5.41, 5.74) is 2.54. The highest BCUT2D eigenvalue weighted by molar-refractivity contribution is 7.12. The van der Waals surface area contributed by atoms with Crippen molar-refractivity contribution in [3.8, 4) is 5.75 Å². The summed E-state index contributed by atoms with van der Waals surface area (Å²) in [6, 6.07) is 15.3. The molecule has 1 amide bonds. The van der Waals surface area contributed by atoms with Gasteiger partial charge in [-0.2, -0.15) is 0 Å². The molecule has 4 aromatic rings. The lowest BCUT2D eigenvalue weighted by molar-refractivity contribution is 0.102. The molecule has 1 N–H and O–H groups in total. The van der Waals surface area contributed by atoms with Gasteiger partial charge in [-0.15, -0.1) is 11.3 Å². The topological polar surface area (TPSA) is 64.1 Å². The number of anilines is 1. The van der Waals surface area contributed by atoms with Gasteiger partial charge in [0.05, 0.1) is 17.4 Å². The minimum absolute atomic E-state index is 0.209. The fourth-order valence-electron chi connectivity index (χ4n) is 2.64. The van der Waals surface area contributed by atoms with E-state index in [0.717, 1.165) is 16.5 Å². The third-order valence-corrected chi connectivity index (χ3v) is 4.75. The zero-order valence-corrected chi connectivity index (χ0v) is 14.6. The number of pyridine rings is 2. The Morgan fingerprint density at radius 1 is 1.08 bits per heavy atom. The Balaban J connectivity index is 1.51. The van der Waals surface area contributed by atoms with Crippen molar-refractivity contribution in [1.29, 1.82) is 0 Å². The van der Waals surface area contributed by atoms with Crippen LogP contribution in [-0.4, -0.2) is 15.9 Å². The maximum absolute atomic E-state index is 12.5.